The molecule has 1 amide bonds. The molecule has 2 aromatic rings. The summed E-state index contributed by atoms with van der Waals surface area (Å²) in [7, 11) is 4.04. The van der Waals surface area contributed by atoms with Gasteiger partial charge in [-0.3, -0.25) is 9.48 Å². The Balaban J connectivity index is 1.98. The van der Waals surface area contributed by atoms with Gasteiger partial charge in [-0.15, -0.1) is 0 Å². The van der Waals surface area contributed by atoms with E-state index in [0.717, 1.165) is 24.3 Å². The molecule has 5 heteroatoms. The lowest BCUT2D eigenvalue weighted by Gasteiger charge is -2.08. The molecule has 0 radical (unpaired) electrons. The number of carbonyl (C=O) groups is 1. The first-order chi connectivity index (χ1) is 9.54. The van der Waals surface area contributed by atoms with Crippen LogP contribution in [0.15, 0.2) is 36.7 Å². The third kappa shape index (κ3) is 3.93. The summed E-state index contributed by atoms with van der Waals surface area (Å²) in [5.74, 6) is -0.110. The van der Waals surface area contributed by atoms with E-state index in [0.29, 0.717) is 5.56 Å². The smallest absolute Gasteiger partial charge is 0.255 e. The second kappa shape index (κ2) is 6.34. The van der Waals surface area contributed by atoms with Crippen LogP contribution in [0.4, 0.5) is 5.69 Å². The molecule has 0 aliphatic carbocycles. The van der Waals surface area contributed by atoms with Crippen molar-refractivity contribution >= 4 is 11.6 Å². The Hall–Kier alpha value is -2.14. The van der Waals surface area contributed by atoms with Crippen molar-refractivity contribution in [2.24, 2.45) is 0 Å². The molecular formula is C15H20N4O. The van der Waals surface area contributed by atoms with Crippen molar-refractivity contribution in [1.29, 1.82) is 0 Å². The van der Waals surface area contributed by atoms with Crippen LogP contribution in [-0.4, -0.2) is 41.2 Å². The first-order valence-corrected chi connectivity index (χ1v) is 6.60. The van der Waals surface area contributed by atoms with Crippen LogP contribution in [0, 0.1) is 6.92 Å². The maximum Gasteiger partial charge on any atom is 0.255 e. The number of rotatable bonds is 5. The molecule has 0 fully saturated rings. The van der Waals surface area contributed by atoms with Crippen molar-refractivity contribution in [1.82, 2.24) is 14.7 Å². The number of anilines is 1. The number of likely N-dealkylation sites (N-methyl/N-ethyl adjacent to an activating group) is 1. The summed E-state index contributed by atoms with van der Waals surface area (Å²) in [5.41, 5.74) is 2.45. The van der Waals surface area contributed by atoms with E-state index >= 15 is 0 Å². The minimum absolute atomic E-state index is 0.110. The van der Waals surface area contributed by atoms with Gasteiger partial charge in [-0.05, 0) is 33.2 Å². The molecule has 0 atom stereocenters. The zero-order chi connectivity index (χ0) is 14.5. The lowest BCUT2D eigenvalue weighted by molar-refractivity contribution is 0.102. The Kier molecular flexibility index (Phi) is 4.53. The molecule has 1 heterocycles. The summed E-state index contributed by atoms with van der Waals surface area (Å²) in [5, 5.41) is 7.09. The van der Waals surface area contributed by atoms with E-state index in [2.05, 4.69) is 15.3 Å². The maximum absolute atomic E-state index is 12.1. The van der Waals surface area contributed by atoms with E-state index in [9.17, 15) is 4.79 Å². The molecule has 0 spiro atoms. The highest BCUT2D eigenvalue weighted by molar-refractivity contribution is 6.04. The van der Waals surface area contributed by atoms with Gasteiger partial charge < -0.3 is 10.2 Å². The van der Waals surface area contributed by atoms with Gasteiger partial charge in [0.05, 0.1) is 18.4 Å². The molecule has 106 valence electrons. The maximum atomic E-state index is 12.1. The Morgan fingerprint density at radius 3 is 2.90 bits per heavy atom. The second-order valence-corrected chi connectivity index (χ2v) is 5.12. The van der Waals surface area contributed by atoms with Gasteiger partial charge in [0.1, 0.15) is 0 Å². The Bertz CT molecular complexity index is 589. The number of aromatic nitrogens is 2. The number of aryl methyl sites for hydroxylation is 1. The summed E-state index contributed by atoms with van der Waals surface area (Å²) in [6.45, 7) is 3.68. The minimum atomic E-state index is -0.110. The molecule has 0 saturated heterocycles. The summed E-state index contributed by atoms with van der Waals surface area (Å²) in [6, 6.07) is 7.52. The van der Waals surface area contributed by atoms with Crippen molar-refractivity contribution in [2.45, 2.75) is 13.5 Å². The van der Waals surface area contributed by atoms with Gasteiger partial charge in [-0.1, -0.05) is 17.7 Å². The van der Waals surface area contributed by atoms with E-state index in [1.807, 2.05) is 50.1 Å². The topological polar surface area (TPSA) is 50.2 Å². The lowest BCUT2D eigenvalue weighted by atomic mass is 10.1. The highest BCUT2D eigenvalue weighted by atomic mass is 16.1. The van der Waals surface area contributed by atoms with Crippen molar-refractivity contribution in [2.75, 3.05) is 26.0 Å². The first kappa shape index (κ1) is 14.3. The number of carbonyl (C=O) groups excluding carboxylic acids is 1. The lowest BCUT2D eigenvalue weighted by Crippen LogP contribution is -2.18. The molecule has 2 rings (SSSR count). The molecule has 0 aliphatic heterocycles. The van der Waals surface area contributed by atoms with Crippen molar-refractivity contribution < 1.29 is 4.79 Å². The van der Waals surface area contributed by atoms with Gasteiger partial charge in [0.2, 0.25) is 0 Å². The predicted molar refractivity (Wildman–Crippen MR) is 79.9 cm³/mol. The van der Waals surface area contributed by atoms with E-state index in [1.54, 1.807) is 12.3 Å². The van der Waals surface area contributed by atoms with E-state index in [-0.39, 0.29) is 5.91 Å². The average molecular weight is 272 g/mol. The number of benzene rings is 1. The molecule has 1 aromatic carbocycles. The van der Waals surface area contributed by atoms with Crippen LogP contribution in [0.1, 0.15) is 15.9 Å². The molecule has 0 aliphatic rings. The van der Waals surface area contributed by atoms with Crippen molar-refractivity contribution in [3.05, 3.63) is 47.8 Å². The largest absolute Gasteiger partial charge is 0.319 e. The normalized spacial score (nSPS) is 10.8. The fourth-order valence-electron chi connectivity index (χ4n) is 1.84. The molecule has 0 bridgehead atoms. The molecule has 5 nitrogen and oxygen atoms in total. The quantitative estimate of drug-likeness (QED) is 0.905. The van der Waals surface area contributed by atoms with Gasteiger partial charge in [0.25, 0.3) is 5.91 Å². The molecule has 0 unspecified atom stereocenters. The minimum Gasteiger partial charge on any atom is -0.319 e. The molecule has 20 heavy (non-hydrogen) atoms. The number of hydrogen-bond acceptors (Lipinski definition) is 3. The van der Waals surface area contributed by atoms with Crippen LogP contribution in [-0.2, 0) is 6.54 Å². The number of nitrogens with one attached hydrogen (secondary N) is 1. The van der Waals surface area contributed by atoms with Gasteiger partial charge in [-0.25, -0.2) is 0 Å². The molecule has 1 N–H and O–H groups in total. The van der Waals surface area contributed by atoms with Crippen LogP contribution >= 0.6 is 0 Å². The van der Waals surface area contributed by atoms with Crippen LogP contribution in [0.25, 0.3) is 0 Å². The summed E-state index contributed by atoms with van der Waals surface area (Å²) in [4.78, 5) is 14.2. The van der Waals surface area contributed by atoms with Crippen molar-refractivity contribution in [3.8, 4) is 0 Å². The predicted octanol–water partition coefficient (Wildman–Crippen LogP) is 2.01. The van der Waals surface area contributed by atoms with Crippen LogP contribution in [0.5, 0.6) is 0 Å². The monoisotopic (exact) mass is 272 g/mol. The third-order valence-corrected chi connectivity index (χ3v) is 2.95. The third-order valence-electron chi connectivity index (χ3n) is 2.95. The van der Waals surface area contributed by atoms with Crippen LogP contribution < -0.4 is 5.32 Å². The summed E-state index contributed by atoms with van der Waals surface area (Å²) < 4.78 is 1.83. The second-order valence-electron chi connectivity index (χ2n) is 5.12. The highest BCUT2D eigenvalue weighted by Gasteiger charge is 2.07. The Labute approximate surface area is 119 Å². The van der Waals surface area contributed by atoms with Gasteiger partial charge in [-0.2, -0.15) is 5.10 Å². The Morgan fingerprint density at radius 1 is 1.40 bits per heavy atom. The SMILES string of the molecule is Cc1cccc(C(=O)Nc2cnn(CCN(C)C)c2)c1. The molecular weight excluding hydrogens is 252 g/mol. The number of hydrogen-bond donors (Lipinski definition) is 1. The standard InChI is InChI=1S/C15H20N4O/c1-12-5-4-6-13(9-12)15(20)17-14-10-16-19(11-14)8-7-18(2)3/h4-6,9-11H,7-8H2,1-3H3,(H,17,20). The summed E-state index contributed by atoms with van der Waals surface area (Å²) >= 11 is 0. The fourth-order valence-corrected chi connectivity index (χ4v) is 1.84. The van der Waals surface area contributed by atoms with E-state index < -0.39 is 0 Å². The molecule has 0 saturated carbocycles. The number of amides is 1. The fraction of sp³-hybridized carbons (Fsp3) is 0.333. The van der Waals surface area contributed by atoms with Gasteiger partial charge in [0.15, 0.2) is 0 Å². The first-order valence-electron chi connectivity index (χ1n) is 6.60. The van der Waals surface area contributed by atoms with Gasteiger partial charge >= 0.3 is 0 Å². The highest BCUT2D eigenvalue weighted by Crippen LogP contribution is 2.09. The average Bonchev–Trinajstić information content (AvgIpc) is 2.84. The van der Waals surface area contributed by atoms with Crippen molar-refractivity contribution in [3.63, 3.8) is 0 Å². The Morgan fingerprint density at radius 2 is 2.20 bits per heavy atom. The molecule has 1 aromatic heterocycles. The van der Waals surface area contributed by atoms with E-state index in [1.165, 1.54) is 0 Å². The van der Waals surface area contributed by atoms with Crippen LogP contribution in [0.2, 0.25) is 0 Å². The zero-order valence-corrected chi connectivity index (χ0v) is 12.1. The summed E-state index contributed by atoms with van der Waals surface area (Å²) in [6.07, 6.45) is 3.51. The van der Waals surface area contributed by atoms with Crippen LogP contribution in [0.3, 0.4) is 0 Å². The number of nitrogens with zero attached hydrogens (tertiary/aromatic N) is 3. The van der Waals surface area contributed by atoms with E-state index in [4.69, 9.17) is 0 Å². The van der Waals surface area contributed by atoms with Gasteiger partial charge in [0, 0.05) is 18.3 Å². The zero-order valence-electron chi connectivity index (χ0n) is 12.1.